The van der Waals surface area contributed by atoms with Crippen LogP contribution in [0.15, 0.2) is 35.1 Å². The average molecular weight is 316 g/mol. The summed E-state index contributed by atoms with van der Waals surface area (Å²) in [7, 11) is 0. The van der Waals surface area contributed by atoms with Gasteiger partial charge >= 0.3 is 0 Å². The van der Waals surface area contributed by atoms with E-state index in [-0.39, 0.29) is 0 Å². The SMILES string of the molecule is CC(O)c1cnn(Cc2ccc(Br)cc2Cl)c1. The third-order valence-electron chi connectivity index (χ3n) is 2.48. The summed E-state index contributed by atoms with van der Waals surface area (Å²) in [6.45, 7) is 2.31. The van der Waals surface area contributed by atoms with Gasteiger partial charge in [0, 0.05) is 21.3 Å². The normalized spacial score (nSPS) is 12.7. The van der Waals surface area contributed by atoms with Gasteiger partial charge < -0.3 is 5.11 Å². The summed E-state index contributed by atoms with van der Waals surface area (Å²) in [6.07, 6.45) is 2.99. The highest BCUT2D eigenvalue weighted by Crippen LogP contribution is 2.22. The van der Waals surface area contributed by atoms with E-state index in [1.165, 1.54) is 0 Å². The monoisotopic (exact) mass is 314 g/mol. The van der Waals surface area contributed by atoms with E-state index in [0.29, 0.717) is 11.6 Å². The second kappa shape index (κ2) is 5.21. The second-order valence-corrected chi connectivity index (χ2v) is 5.21. The Kier molecular flexibility index (Phi) is 3.86. The van der Waals surface area contributed by atoms with Crippen LogP contribution in [-0.2, 0) is 6.54 Å². The number of hydrogen-bond acceptors (Lipinski definition) is 2. The van der Waals surface area contributed by atoms with E-state index < -0.39 is 6.10 Å². The number of aromatic nitrogens is 2. The zero-order valence-corrected chi connectivity index (χ0v) is 11.6. The van der Waals surface area contributed by atoms with Crippen LogP contribution in [0.5, 0.6) is 0 Å². The van der Waals surface area contributed by atoms with Crippen molar-refractivity contribution < 1.29 is 5.11 Å². The van der Waals surface area contributed by atoms with Crippen LogP contribution in [0, 0.1) is 0 Å². The summed E-state index contributed by atoms with van der Waals surface area (Å²) in [5.41, 5.74) is 1.80. The minimum atomic E-state index is -0.496. The molecule has 0 fully saturated rings. The molecule has 1 atom stereocenters. The van der Waals surface area contributed by atoms with Gasteiger partial charge in [0.2, 0.25) is 0 Å². The van der Waals surface area contributed by atoms with Crippen LogP contribution in [-0.4, -0.2) is 14.9 Å². The fraction of sp³-hybridized carbons (Fsp3) is 0.250. The van der Waals surface area contributed by atoms with Gasteiger partial charge in [-0.15, -0.1) is 0 Å². The lowest BCUT2D eigenvalue weighted by Gasteiger charge is -2.05. The summed E-state index contributed by atoms with van der Waals surface area (Å²) in [5.74, 6) is 0. The number of benzene rings is 1. The zero-order valence-electron chi connectivity index (χ0n) is 9.27. The molecular formula is C12H12BrClN2O. The smallest absolute Gasteiger partial charge is 0.0792 e. The number of hydrogen-bond donors (Lipinski definition) is 1. The molecule has 3 nitrogen and oxygen atoms in total. The lowest BCUT2D eigenvalue weighted by molar-refractivity contribution is 0.199. The van der Waals surface area contributed by atoms with Gasteiger partial charge in [-0.3, -0.25) is 4.68 Å². The minimum absolute atomic E-state index is 0.496. The Hall–Kier alpha value is -0.840. The van der Waals surface area contributed by atoms with Crippen molar-refractivity contribution >= 4 is 27.5 Å². The van der Waals surface area contributed by atoms with E-state index in [9.17, 15) is 5.11 Å². The van der Waals surface area contributed by atoms with Crippen molar-refractivity contribution in [2.45, 2.75) is 19.6 Å². The Bertz CT molecular complexity index is 525. The van der Waals surface area contributed by atoms with Crippen LogP contribution >= 0.6 is 27.5 Å². The van der Waals surface area contributed by atoms with E-state index in [2.05, 4.69) is 21.0 Å². The van der Waals surface area contributed by atoms with E-state index in [1.807, 2.05) is 24.4 Å². The molecule has 0 aliphatic rings. The maximum absolute atomic E-state index is 9.41. The second-order valence-electron chi connectivity index (χ2n) is 3.88. The fourth-order valence-electron chi connectivity index (χ4n) is 1.51. The maximum Gasteiger partial charge on any atom is 0.0792 e. The molecule has 17 heavy (non-hydrogen) atoms. The van der Waals surface area contributed by atoms with Crippen molar-refractivity contribution in [2.24, 2.45) is 0 Å². The average Bonchev–Trinajstić information content (AvgIpc) is 2.71. The molecule has 0 amide bonds. The van der Waals surface area contributed by atoms with Crippen LogP contribution < -0.4 is 0 Å². The Morgan fingerprint density at radius 1 is 1.53 bits per heavy atom. The van der Waals surface area contributed by atoms with Crippen LogP contribution in [0.1, 0.15) is 24.2 Å². The van der Waals surface area contributed by atoms with Gasteiger partial charge in [-0.2, -0.15) is 5.10 Å². The fourth-order valence-corrected chi connectivity index (χ4v) is 2.24. The molecule has 1 aromatic carbocycles. The Morgan fingerprint density at radius 3 is 2.88 bits per heavy atom. The molecule has 0 saturated carbocycles. The lowest BCUT2D eigenvalue weighted by atomic mass is 10.2. The van der Waals surface area contributed by atoms with Gasteiger partial charge in [0.25, 0.3) is 0 Å². The van der Waals surface area contributed by atoms with E-state index in [0.717, 1.165) is 15.6 Å². The first-order chi connectivity index (χ1) is 8.06. The third kappa shape index (κ3) is 3.09. The lowest BCUT2D eigenvalue weighted by Crippen LogP contribution is -2.00. The summed E-state index contributed by atoms with van der Waals surface area (Å²) in [5, 5.41) is 14.3. The summed E-state index contributed by atoms with van der Waals surface area (Å²) in [4.78, 5) is 0. The van der Waals surface area contributed by atoms with Gasteiger partial charge in [-0.1, -0.05) is 33.6 Å². The highest BCUT2D eigenvalue weighted by atomic mass is 79.9. The van der Waals surface area contributed by atoms with Crippen molar-refractivity contribution in [1.29, 1.82) is 0 Å². The van der Waals surface area contributed by atoms with Crippen LogP contribution in [0.25, 0.3) is 0 Å². The highest BCUT2D eigenvalue weighted by Gasteiger charge is 2.06. The molecule has 0 radical (unpaired) electrons. The number of halogens is 2. The summed E-state index contributed by atoms with van der Waals surface area (Å²) >= 11 is 9.49. The molecule has 0 aliphatic carbocycles. The molecule has 5 heteroatoms. The largest absolute Gasteiger partial charge is 0.389 e. The predicted molar refractivity (Wildman–Crippen MR) is 71.1 cm³/mol. The number of aliphatic hydroxyl groups excluding tert-OH is 1. The molecule has 2 aromatic rings. The number of rotatable bonds is 3. The molecule has 1 aromatic heterocycles. The molecule has 2 rings (SSSR count). The third-order valence-corrected chi connectivity index (χ3v) is 3.33. The van der Waals surface area contributed by atoms with E-state index >= 15 is 0 Å². The maximum atomic E-state index is 9.41. The Labute approximate surface area is 113 Å². The number of aliphatic hydroxyl groups is 1. The molecule has 0 aliphatic heterocycles. The van der Waals surface area contributed by atoms with Crippen LogP contribution in [0.3, 0.4) is 0 Å². The van der Waals surface area contributed by atoms with Crippen molar-refractivity contribution in [2.75, 3.05) is 0 Å². The molecular weight excluding hydrogens is 304 g/mol. The summed E-state index contributed by atoms with van der Waals surface area (Å²) in [6, 6.07) is 5.76. The van der Waals surface area contributed by atoms with Gasteiger partial charge in [0.05, 0.1) is 18.8 Å². The van der Waals surface area contributed by atoms with Crippen molar-refractivity contribution in [3.8, 4) is 0 Å². The van der Waals surface area contributed by atoms with Crippen LogP contribution in [0.2, 0.25) is 5.02 Å². The molecule has 0 saturated heterocycles. The molecule has 0 spiro atoms. The zero-order chi connectivity index (χ0) is 12.4. The quantitative estimate of drug-likeness (QED) is 0.942. The standard InChI is InChI=1S/C12H12BrClN2O/c1-8(17)10-5-15-16(7-10)6-9-2-3-11(13)4-12(9)14/h2-5,7-8,17H,6H2,1H3. The topological polar surface area (TPSA) is 38.1 Å². The van der Waals surface area contributed by atoms with Crippen molar-refractivity contribution in [3.63, 3.8) is 0 Å². The van der Waals surface area contributed by atoms with Gasteiger partial charge in [-0.25, -0.2) is 0 Å². The first-order valence-electron chi connectivity index (χ1n) is 5.20. The molecule has 1 heterocycles. The Balaban J connectivity index is 2.19. The van der Waals surface area contributed by atoms with Gasteiger partial charge in [-0.05, 0) is 24.6 Å². The number of nitrogens with zero attached hydrogens (tertiary/aromatic N) is 2. The molecule has 0 bridgehead atoms. The first-order valence-corrected chi connectivity index (χ1v) is 6.37. The first kappa shape index (κ1) is 12.6. The molecule has 1 unspecified atom stereocenters. The van der Waals surface area contributed by atoms with Gasteiger partial charge in [0.15, 0.2) is 0 Å². The molecule has 90 valence electrons. The van der Waals surface area contributed by atoms with E-state index in [1.54, 1.807) is 17.8 Å². The molecule has 1 N–H and O–H groups in total. The van der Waals surface area contributed by atoms with Gasteiger partial charge in [0.1, 0.15) is 0 Å². The highest BCUT2D eigenvalue weighted by molar-refractivity contribution is 9.10. The van der Waals surface area contributed by atoms with Crippen LogP contribution in [0.4, 0.5) is 0 Å². The summed E-state index contributed by atoms with van der Waals surface area (Å²) < 4.78 is 2.72. The van der Waals surface area contributed by atoms with E-state index in [4.69, 9.17) is 11.6 Å². The van der Waals surface area contributed by atoms with Crippen molar-refractivity contribution in [1.82, 2.24) is 9.78 Å². The van der Waals surface area contributed by atoms with Crippen molar-refractivity contribution in [3.05, 3.63) is 51.2 Å². The minimum Gasteiger partial charge on any atom is -0.389 e. The Morgan fingerprint density at radius 2 is 2.29 bits per heavy atom. The predicted octanol–water partition coefficient (Wildman–Crippen LogP) is 3.40.